The molecule has 8 bridgehead atoms. The number of aliphatic hydroxyl groups excluding tert-OH is 2. The van der Waals surface area contributed by atoms with E-state index in [-0.39, 0.29) is 128 Å². The zero-order chi connectivity index (χ0) is 59.3. The third-order valence-corrected chi connectivity index (χ3v) is 22.4. The van der Waals surface area contributed by atoms with Crippen LogP contribution >= 0.6 is 24.1 Å². The Morgan fingerprint density at radius 2 is 0.670 bits per heavy atom. The van der Waals surface area contributed by atoms with Gasteiger partial charge in [0.25, 0.3) is 0 Å². The van der Waals surface area contributed by atoms with E-state index < -0.39 is 46.5 Å². The van der Waals surface area contributed by atoms with Gasteiger partial charge in [0.2, 0.25) is 0 Å². The third kappa shape index (κ3) is 19.3. The maximum atomic E-state index is 13.4. The predicted molar refractivity (Wildman–Crippen MR) is 320 cm³/mol. The Morgan fingerprint density at radius 3 is 0.875 bits per heavy atom. The van der Waals surface area contributed by atoms with Gasteiger partial charge in [-0.25, -0.2) is 9.59 Å². The maximum Gasteiger partial charge on any atom is 1.00 e. The van der Waals surface area contributed by atoms with Gasteiger partial charge in [-0.05, 0) is 184 Å². The van der Waals surface area contributed by atoms with Crippen LogP contribution in [0, 0.1) is 45.3 Å². The summed E-state index contributed by atoms with van der Waals surface area (Å²) in [4.78, 5) is 31.2. The minimum atomic E-state index is -4.00. The van der Waals surface area contributed by atoms with Gasteiger partial charge in [0, 0.05) is 32.5 Å². The second kappa shape index (κ2) is 34.4. The molecule has 6 aromatic carbocycles. The minimum absolute atomic E-state index is 0. The number of hydrogen-bond acceptors (Lipinski definition) is 14. The van der Waals surface area contributed by atoms with Crippen LogP contribution in [-0.2, 0) is 59.6 Å². The summed E-state index contributed by atoms with van der Waals surface area (Å²) in [6.45, 7) is 0.0106. The van der Waals surface area contributed by atoms with E-state index in [1.165, 1.54) is 29.4 Å². The molecule has 8 saturated carbocycles. The van der Waals surface area contributed by atoms with Gasteiger partial charge in [0.15, 0.2) is 29.4 Å². The van der Waals surface area contributed by atoms with Crippen molar-refractivity contribution in [3.8, 4) is 0 Å². The molecule has 0 aromatic heterocycles. The molecule has 6 aromatic rings. The van der Waals surface area contributed by atoms with Gasteiger partial charge in [0.05, 0.1) is 35.0 Å². The number of esters is 2. The van der Waals surface area contributed by atoms with E-state index in [0.717, 1.165) is 64.2 Å². The second-order valence-electron chi connectivity index (χ2n) is 23.4. The van der Waals surface area contributed by atoms with Crippen LogP contribution in [0.5, 0.6) is 0 Å². The molecule has 2 N–H and O–H groups in total. The molecule has 8 aliphatic carbocycles. The summed E-state index contributed by atoms with van der Waals surface area (Å²) in [6.07, 6.45) is 10.9. The molecular formula is C65H72BClF4NaO12S4. The Bertz CT molecular complexity index is 2610. The van der Waals surface area contributed by atoms with Crippen LogP contribution in [0.25, 0.3) is 0 Å². The van der Waals surface area contributed by atoms with E-state index in [1.807, 2.05) is 0 Å². The van der Waals surface area contributed by atoms with E-state index in [4.69, 9.17) is 9.47 Å². The molecule has 0 heterocycles. The fourth-order valence-electron chi connectivity index (χ4n) is 14.9. The molecule has 3 radical (unpaired) electrons. The molecule has 88 heavy (non-hydrogen) atoms. The molecule has 0 aliphatic heterocycles. The molecular weight excluding hydrogens is 1250 g/mol. The zero-order valence-electron chi connectivity index (χ0n) is 48.0. The first-order valence-corrected chi connectivity index (χ1v) is 31.9. The number of hydrogen-bond donors (Lipinski definition) is 2. The molecule has 0 amide bonds. The van der Waals surface area contributed by atoms with Gasteiger partial charge in [-0.2, -0.15) is 26.2 Å². The van der Waals surface area contributed by atoms with Gasteiger partial charge >= 0.3 is 52.0 Å². The summed E-state index contributed by atoms with van der Waals surface area (Å²) >= 11 is -1.35. The van der Waals surface area contributed by atoms with Crippen LogP contribution < -0.4 is 52.5 Å². The normalized spacial score (nSPS) is 24.8. The standard InChI is InChI=1S/2C18H15S.2C14H20F2O6S.CH4.B.ClH.Na/c2*1-4-10-16(11-5-1)19(17-12-6-2-7-13-17)18-14-8-3-9-15-18;2*15-14(16,23-22-21-19)11(18)20-8-13-4-9-1-10(5-13)3-12(2-9,6-13)7-17;;;;/h2*1-15H;2*9-10,17,19H,1-8H2;1H4;;1H;/q2*+1;;;;;;+1/p-3. The van der Waals surface area contributed by atoms with E-state index in [2.05, 4.69) is 201 Å². The van der Waals surface area contributed by atoms with Crippen LogP contribution in [-0.4, -0.2) is 67.5 Å². The SMILES string of the molecule is C.O=C(OCC12CC3CC(CC(CO)(C3)C1)C2)C(F)(F)SOO[O-].O=C(OCC12CC3CC(CC(CO)(C3)C1)C2)C(F)(F)SOO[O-].[B].[Cl-].[Na+].c1ccc([S+](c2ccccc2)c2ccccc2)cc1.c1ccc([S+](c2ccccc2)c2ccccc2)cc1. The van der Waals surface area contributed by atoms with E-state index in [9.17, 15) is 47.9 Å². The van der Waals surface area contributed by atoms with Crippen molar-refractivity contribution in [3.63, 3.8) is 0 Å². The molecule has 8 fully saturated rings. The quantitative estimate of drug-likeness (QED) is 0.0152. The summed E-state index contributed by atoms with van der Waals surface area (Å²) in [5, 5.41) is 36.4. The Morgan fingerprint density at radius 1 is 0.455 bits per heavy atom. The van der Waals surface area contributed by atoms with Crippen LogP contribution in [0.3, 0.4) is 0 Å². The van der Waals surface area contributed by atoms with E-state index >= 15 is 0 Å². The van der Waals surface area contributed by atoms with Crippen molar-refractivity contribution in [1.29, 1.82) is 0 Å². The summed E-state index contributed by atoms with van der Waals surface area (Å²) in [5.74, 6) is -1.62. The summed E-state index contributed by atoms with van der Waals surface area (Å²) in [6, 6.07) is 64.3. The zero-order valence-corrected chi connectivity index (χ0v) is 54.0. The number of benzene rings is 6. The average Bonchev–Trinajstić information content (AvgIpc) is 0.806. The molecule has 14 rings (SSSR count). The third-order valence-electron chi connectivity index (χ3n) is 17.0. The van der Waals surface area contributed by atoms with E-state index in [0.29, 0.717) is 36.5 Å². The molecule has 467 valence electrons. The number of ether oxygens (including phenoxy) is 2. The first kappa shape index (κ1) is 75.1. The first-order valence-electron chi connectivity index (χ1n) is 27.9. The summed E-state index contributed by atoms with van der Waals surface area (Å²) < 4.78 is 70.4. The average molecular weight is 1320 g/mol. The Balaban J connectivity index is 0.000000211. The predicted octanol–water partition coefficient (Wildman–Crippen LogP) is 6.97. The van der Waals surface area contributed by atoms with Crippen LogP contribution in [0.1, 0.15) is 84.5 Å². The Hall–Kier alpha value is -3.59. The van der Waals surface area contributed by atoms with Crippen molar-refractivity contribution in [1.82, 2.24) is 0 Å². The van der Waals surface area contributed by atoms with Gasteiger partial charge in [-0.15, -0.1) is 0 Å². The molecule has 4 atom stereocenters. The van der Waals surface area contributed by atoms with Crippen molar-refractivity contribution >= 4 is 66.2 Å². The minimum Gasteiger partial charge on any atom is -1.00 e. The molecule has 12 nitrogen and oxygen atoms in total. The van der Waals surface area contributed by atoms with Crippen molar-refractivity contribution in [3.05, 3.63) is 182 Å². The van der Waals surface area contributed by atoms with Gasteiger partial charge < -0.3 is 42.6 Å². The number of carbonyl (C=O) groups is 2. The number of aliphatic hydroxyl groups is 2. The molecule has 23 heteroatoms. The van der Waals surface area contributed by atoms with Crippen molar-refractivity contribution in [2.24, 2.45) is 45.3 Å². The topological polar surface area (TPSA) is 176 Å². The van der Waals surface area contributed by atoms with Crippen LogP contribution in [0.2, 0.25) is 0 Å². The van der Waals surface area contributed by atoms with Crippen molar-refractivity contribution < 1.29 is 118 Å². The maximum absolute atomic E-state index is 13.4. The Labute approximate surface area is 558 Å². The van der Waals surface area contributed by atoms with Crippen LogP contribution in [0.4, 0.5) is 17.6 Å². The molecule has 0 saturated heterocycles. The van der Waals surface area contributed by atoms with Gasteiger partial charge in [-0.3, -0.25) is 10.1 Å². The van der Waals surface area contributed by atoms with Crippen molar-refractivity contribution in [2.75, 3.05) is 26.4 Å². The number of carbonyl (C=O) groups excluding carboxylic acids is 2. The number of rotatable bonds is 20. The molecule has 4 unspecified atom stereocenters. The smallest absolute Gasteiger partial charge is 1.00 e. The Kier molecular flexibility index (Phi) is 29.3. The number of halogens is 5. The van der Waals surface area contributed by atoms with E-state index in [1.54, 1.807) is 0 Å². The largest absolute Gasteiger partial charge is 1.00 e. The van der Waals surface area contributed by atoms with Gasteiger partial charge in [-0.1, -0.05) is 117 Å². The van der Waals surface area contributed by atoms with Crippen molar-refractivity contribution in [2.45, 2.75) is 124 Å². The molecule has 8 aliphatic rings. The monoisotopic (exact) mass is 1320 g/mol. The summed E-state index contributed by atoms with van der Waals surface area (Å²) in [5.41, 5.74) is -0.932. The first-order chi connectivity index (χ1) is 40.5. The fraction of sp³-hybridized carbons (Fsp3) is 0.415. The summed E-state index contributed by atoms with van der Waals surface area (Å²) in [7, 11) is -0.0293. The molecule has 0 spiro atoms. The second-order valence-corrected chi connectivity index (χ2v) is 29.0. The van der Waals surface area contributed by atoms with Crippen LogP contribution in [0.15, 0.2) is 211 Å². The fourth-order valence-corrected chi connectivity index (χ4v) is 19.6. The number of alkyl halides is 4. The van der Waals surface area contributed by atoms with Gasteiger partial charge in [0.1, 0.15) is 24.1 Å².